The number of halogens is 1. The Balaban J connectivity index is 1.36. The standard InChI is InChI=1S/C26H33ClN2O2S/c27-23-4-1-3-19(13-23)15-25-22(17-29-11-2-12-29)16-21-7-5-18(14-24(21)25)6-10-26(20-8-9-20)32(28,30)31/h1,3-5,7,13-14,20,22,25-26H,2,6,8-12,15-17H2,(H2,28,30,31). The van der Waals surface area contributed by atoms with Crippen LogP contribution >= 0.6 is 11.6 Å². The maximum atomic E-state index is 12.0. The van der Waals surface area contributed by atoms with Crippen LogP contribution in [0.1, 0.15) is 53.9 Å². The van der Waals surface area contributed by atoms with Gasteiger partial charge < -0.3 is 4.90 Å². The topological polar surface area (TPSA) is 63.4 Å². The summed E-state index contributed by atoms with van der Waals surface area (Å²) >= 11 is 6.28. The lowest BCUT2D eigenvalue weighted by Crippen LogP contribution is -2.41. The third-order valence-corrected chi connectivity index (χ3v) is 9.43. The van der Waals surface area contributed by atoms with Crippen LogP contribution in [0.5, 0.6) is 0 Å². The van der Waals surface area contributed by atoms with Gasteiger partial charge in [-0.05, 0) is 110 Å². The minimum Gasteiger partial charge on any atom is -0.303 e. The summed E-state index contributed by atoms with van der Waals surface area (Å²) in [5.41, 5.74) is 5.43. The highest BCUT2D eigenvalue weighted by atomic mass is 35.5. The van der Waals surface area contributed by atoms with E-state index in [1.807, 2.05) is 12.1 Å². The molecule has 0 amide bonds. The normalized spacial score (nSPS) is 24.2. The van der Waals surface area contributed by atoms with Gasteiger partial charge in [0.1, 0.15) is 0 Å². The summed E-state index contributed by atoms with van der Waals surface area (Å²) in [4.78, 5) is 2.58. The molecule has 0 aromatic heterocycles. The number of likely N-dealkylation sites (tertiary alicyclic amines) is 1. The second-order valence-electron chi connectivity index (χ2n) is 10.1. The average molecular weight is 473 g/mol. The molecule has 1 saturated heterocycles. The number of nitrogens with two attached hydrogens (primary N) is 1. The van der Waals surface area contributed by atoms with Gasteiger partial charge in [-0.3, -0.25) is 0 Å². The van der Waals surface area contributed by atoms with Crippen molar-refractivity contribution in [2.24, 2.45) is 17.0 Å². The van der Waals surface area contributed by atoms with Gasteiger partial charge in [0.2, 0.25) is 10.0 Å². The third kappa shape index (κ3) is 5.06. The molecule has 2 fully saturated rings. The molecule has 3 aliphatic rings. The molecule has 0 radical (unpaired) electrons. The monoisotopic (exact) mass is 472 g/mol. The summed E-state index contributed by atoms with van der Waals surface area (Å²) < 4.78 is 24.1. The Hall–Kier alpha value is -1.40. The van der Waals surface area contributed by atoms with Crippen molar-refractivity contribution in [2.45, 2.75) is 56.1 Å². The first kappa shape index (κ1) is 22.4. The number of hydrogen-bond acceptors (Lipinski definition) is 3. The molecule has 0 bridgehead atoms. The van der Waals surface area contributed by atoms with Crippen molar-refractivity contribution in [3.8, 4) is 0 Å². The Kier molecular flexibility index (Phi) is 6.36. The fourth-order valence-corrected chi connectivity index (χ4v) is 7.20. The number of sulfonamides is 1. The van der Waals surface area contributed by atoms with Gasteiger partial charge in [-0.15, -0.1) is 0 Å². The summed E-state index contributed by atoms with van der Waals surface area (Å²) in [7, 11) is -3.48. The Labute approximate surface area is 197 Å². The van der Waals surface area contributed by atoms with Crippen LogP contribution in [0, 0.1) is 11.8 Å². The van der Waals surface area contributed by atoms with Gasteiger partial charge >= 0.3 is 0 Å². The van der Waals surface area contributed by atoms with Crippen LogP contribution in [0.4, 0.5) is 0 Å². The van der Waals surface area contributed by atoms with Gasteiger partial charge in [0.05, 0.1) is 5.25 Å². The highest BCUT2D eigenvalue weighted by Gasteiger charge is 2.38. The molecule has 2 aromatic carbocycles. The lowest BCUT2D eigenvalue weighted by atomic mass is 9.85. The maximum Gasteiger partial charge on any atom is 0.212 e. The van der Waals surface area contributed by atoms with Crippen molar-refractivity contribution in [3.05, 3.63) is 69.7 Å². The lowest BCUT2D eigenvalue weighted by molar-refractivity contribution is 0.145. The van der Waals surface area contributed by atoms with Gasteiger partial charge in [-0.25, -0.2) is 13.6 Å². The second kappa shape index (κ2) is 9.09. The van der Waals surface area contributed by atoms with Crippen LogP contribution in [0.25, 0.3) is 0 Å². The van der Waals surface area contributed by atoms with E-state index in [1.165, 1.54) is 41.8 Å². The van der Waals surface area contributed by atoms with Crippen molar-refractivity contribution in [3.63, 3.8) is 0 Å². The molecule has 3 unspecified atom stereocenters. The van der Waals surface area contributed by atoms with Crippen molar-refractivity contribution < 1.29 is 8.42 Å². The molecular formula is C26H33ClN2O2S. The number of fused-ring (bicyclic) bond motifs is 1. The molecule has 2 N–H and O–H groups in total. The maximum absolute atomic E-state index is 12.0. The molecule has 172 valence electrons. The molecule has 32 heavy (non-hydrogen) atoms. The van der Waals surface area contributed by atoms with Crippen LogP contribution in [-0.2, 0) is 29.3 Å². The number of benzene rings is 2. The largest absolute Gasteiger partial charge is 0.303 e. The van der Waals surface area contributed by atoms with E-state index in [1.54, 1.807) is 0 Å². The fourth-order valence-electron chi connectivity index (χ4n) is 5.74. The molecule has 3 atom stereocenters. The van der Waals surface area contributed by atoms with E-state index >= 15 is 0 Å². The quantitative estimate of drug-likeness (QED) is 0.582. The van der Waals surface area contributed by atoms with Crippen LogP contribution in [0.2, 0.25) is 5.02 Å². The van der Waals surface area contributed by atoms with E-state index in [4.69, 9.17) is 16.7 Å². The van der Waals surface area contributed by atoms with Gasteiger partial charge in [-0.2, -0.15) is 0 Å². The molecule has 1 aliphatic heterocycles. The van der Waals surface area contributed by atoms with E-state index < -0.39 is 15.3 Å². The van der Waals surface area contributed by atoms with E-state index in [9.17, 15) is 8.42 Å². The SMILES string of the molecule is NS(=O)(=O)C(CCc1ccc2c(c1)C(Cc1cccc(Cl)c1)C(CN1CCC1)C2)C1CC1. The van der Waals surface area contributed by atoms with Crippen LogP contribution < -0.4 is 5.14 Å². The van der Waals surface area contributed by atoms with Crippen molar-refractivity contribution in [2.75, 3.05) is 19.6 Å². The van der Waals surface area contributed by atoms with Crippen LogP contribution in [-0.4, -0.2) is 38.2 Å². The van der Waals surface area contributed by atoms with Crippen LogP contribution in [0.15, 0.2) is 42.5 Å². The van der Waals surface area contributed by atoms with E-state index in [-0.39, 0.29) is 5.92 Å². The van der Waals surface area contributed by atoms with Crippen molar-refractivity contribution in [1.82, 2.24) is 4.90 Å². The molecule has 4 nitrogen and oxygen atoms in total. The van der Waals surface area contributed by atoms with E-state index in [0.717, 1.165) is 43.7 Å². The number of nitrogens with zero attached hydrogens (tertiary/aromatic N) is 1. The summed E-state index contributed by atoms with van der Waals surface area (Å²) in [6.07, 6.45) is 6.81. The van der Waals surface area contributed by atoms with Gasteiger partial charge in [0.15, 0.2) is 0 Å². The zero-order valence-electron chi connectivity index (χ0n) is 18.5. The first-order valence-electron chi connectivity index (χ1n) is 12.0. The first-order chi connectivity index (χ1) is 15.4. The number of hydrogen-bond donors (Lipinski definition) is 1. The fraction of sp³-hybridized carbons (Fsp3) is 0.538. The summed E-state index contributed by atoms with van der Waals surface area (Å²) in [5.74, 6) is 1.35. The van der Waals surface area contributed by atoms with Crippen molar-refractivity contribution in [1.29, 1.82) is 0 Å². The van der Waals surface area contributed by atoms with Crippen molar-refractivity contribution >= 4 is 21.6 Å². The highest BCUT2D eigenvalue weighted by molar-refractivity contribution is 7.89. The van der Waals surface area contributed by atoms with Gasteiger partial charge in [0, 0.05) is 11.6 Å². The molecule has 6 heteroatoms. The van der Waals surface area contributed by atoms with E-state index in [0.29, 0.717) is 18.3 Å². The molecule has 1 heterocycles. The smallest absolute Gasteiger partial charge is 0.212 e. The third-order valence-electron chi connectivity index (χ3n) is 7.73. The predicted molar refractivity (Wildman–Crippen MR) is 131 cm³/mol. The molecule has 2 aliphatic carbocycles. The Bertz CT molecular complexity index is 1080. The highest BCUT2D eigenvalue weighted by Crippen LogP contribution is 2.42. The zero-order valence-corrected chi connectivity index (χ0v) is 20.1. The number of primary sulfonamides is 1. The average Bonchev–Trinajstić information content (AvgIpc) is 3.47. The molecule has 2 aromatic rings. The number of aryl methyl sites for hydroxylation is 1. The summed E-state index contributed by atoms with van der Waals surface area (Å²) in [5, 5.41) is 5.94. The number of rotatable bonds is 9. The Morgan fingerprint density at radius 1 is 1.09 bits per heavy atom. The molecule has 0 spiro atoms. The Morgan fingerprint density at radius 3 is 2.56 bits per heavy atom. The summed E-state index contributed by atoms with van der Waals surface area (Å²) in [6, 6.07) is 15.1. The predicted octanol–water partition coefficient (Wildman–Crippen LogP) is 4.54. The second-order valence-corrected chi connectivity index (χ2v) is 12.3. The lowest BCUT2D eigenvalue weighted by Gasteiger charge is -2.35. The van der Waals surface area contributed by atoms with E-state index in [2.05, 4.69) is 35.2 Å². The zero-order chi connectivity index (χ0) is 22.3. The molecular weight excluding hydrogens is 440 g/mol. The molecule has 5 rings (SSSR count). The minimum absolute atomic E-state index is 0.260. The van der Waals surface area contributed by atoms with Gasteiger partial charge in [-0.1, -0.05) is 41.9 Å². The summed E-state index contributed by atoms with van der Waals surface area (Å²) in [6.45, 7) is 3.60. The van der Waals surface area contributed by atoms with Gasteiger partial charge in [0.25, 0.3) is 0 Å². The first-order valence-corrected chi connectivity index (χ1v) is 14.0. The molecule has 1 saturated carbocycles. The minimum atomic E-state index is -3.48. The van der Waals surface area contributed by atoms with Crippen LogP contribution in [0.3, 0.4) is 0 Å². The Morgan fingerprint density at radius 2 is 1.91 bits per heavy atom.